The van der Waals surface area contributed by atoms with Crippen molar-refractivity contribution in [3.8, 4) is 0 Å². The minimum atomic E-state index is -0.642. The zero-order valence-electron chi connectivity index (χ0n) is 14.9. The van der Waals surface area contributed by atoms with Crippen LogP contribution in [0.1, 0.15) is 12.0 Å². The van der Waals surface area contributed by atoms with E-state index in [0.29, 0.717) is 11.6 Å². The fourth-order valence-electron chi connectivity index (χ4n) is 2.93. The first-order chi connectivity index (χ1) is 13.4. The highest BCUT2D eigenvalue weighted by Crippen LogP contribution is 2.24. The molecular formula is C20H18ClFN2O4. The third-order valence-corrected chi connectivity index (χ3v) is 4.69. The first-order valence-corrected chi connectivity index (χ1v) is 9.03. The molecule has 8 heteroatoms. The number of halogens is 2. The van der Waals surface area contributed by atoms with Crippen LogP contribution in [-0.2, 0) is 25.7 Å². The SMILES string of the molecule is O=C(COC(=O)[C@H]1CC(=O)N(Cc2ccccc2Cl)C1)Nc1cccc(F)c1. The summed E-state index contributed by atoms with van der Waals surface area (Å²) in [6.07, 6.45) is 0.0226. The molecule has 1 saturated heterocycles. The van der Waals surface area contributed by atoms with Gasteiger partial charge in [0.05, 0.1) is 5.92 Å². The number of nitrogens with one attached hydrogen (secondary N) is 1. The number of hydrogen-bond acceptors (Lipinski definition) is 4. The molecule has 0 spiro atoms. The van der Waals surface area contributed by atoms with Gasteiger partial charge in [0, 0.05) is 30.2 Å². The van der Waals surface area contributed by atoms with E-state index in [9.17, 15) is 18.8 Å². The lowest BCUT2D eigenvalue weighted by atomic mass is 10.1. The monoisotopic (exact) mass is 404 g/mol. The first kappa shape index (κ1) is 19.8. The van der Waals surface area contributed by atoms with Gasteiger partial charge >= 0.3 is 5.97 Å². The van der Waals surface area contributed by atoms with E-state index in [1.165, 1.54) is 18.2 Å². The Labute approximate surface area is 166 Å². The van der Waals surface area contributed by atoms with Gasteiger partial charge in [-0.3, -0.25) is 14.4 Å². The van der Waals surface area contributed by atoms with Crippen LogP contribution in [0.5, 0.6) is 0 Å². The van der Waals surface area contributed by atoms with Gasteiger partial charge in [-0.2, -0.15) is 0 Å². The van der Waals surface area contributed by atoms with Crippen LogP contribution in [0.2, 0.25) is 5.02 Å². The van der Waals surface area contributed by atoms with Crippen molar-refractivity contribution in [1.29, 1.82) is 0 Å². The molecule has 1 heterocycles. The van der Waals surface area contributed by atoms with Gasteiger partial charge in [-0.25, -0.2) is 4.39 Å². The Balaban J connectivity index is 1.49. The van der Waals surface area contributed by atoms with Gasteiger partial charge in [-0.1, -0.05) is 35.9 Å². The molecule has 1 N–H and O–H groups in total. The Morgan fingerprint density at radius 3 is 2.75 bits per heavy atom. The Kier molecular flexibility index (Phi) is 6.26. The largest absolute Gasteiger partial charge is 0.455 e. The van der Waals surface area contributed by atoms with Gasteiger partial charge in [0.15, 0.2) is 6.61 Å². The quantitative estimate of drug-likeness (QED) is 0.751. The smallest absolute Gasteiger partial charge is 0.311 e. The molecule has 28 heavy (non-hydrogen) atoms. The lowest BCUT2D eigenvalue weighted by Crippen LogP contribution is -2.28. The second-order valence-corrected chi connectivity index (χ2v) is 6.84. The van der Waals surface area contributed by atoms with E-state index in [1.54, 1.807) is 17.0 Å². The third-order valence-electron chi connectivity index (χ3n) is 4.32. The normalized spacial score (nSPS) is 16.1. The minimum Gasteiger partial charge on any atom is -0.455 e. The Bertz CT molecular complexity index is 905. The van der Waals surface area contributed by atoms with Crippen molar-refractivity contribution >= 4 is 35.1 Å². The molecule has 2 amide bonds. The fraction of sp³-hybridized carbons (Fsp3) is 0.250. The summed E-state index contributed by atoms with van der Waals surface area (Å²) in [5.41, 5.74) is 1.06. The molecule has 1 aliphatic rings. The van der Waals surface area contributed by atoms with Crippen LogP contribution in [0.15, 0.2) is 48.5 Å². The van der Waals surface area contributed by atoms with Crippen molar-refractivity contribution in [2.45, 2.75) is 13.0 Å². The summed E-state index contributed by atoms with van der Waals surface area (Å²) in [5.74, 6) is -2.51. The molecule has 1 aliphatic heterocycles. The van der Waals surface area contributed by atoms with Crippen molar-refractivity contribution < 1.29 is 23.5 Å². The molecule has 0 unspecified atom stereocenters. The predicted molar refractivity (Wildman–Crippen MR) is 101 cm³/mol. The molecule has 0 aliphatic carbocycles. The van der Waals surface area contributed by atoms with Gasteiger partial charge in [0.25, 0.3) is 5.91 Å². The second kappa shape index (κ2) is 8.84. The number of anilines is 1. The number of carbonyl (C=O) groups excluding carboxylic acids is 3. The van der Waals surface area contributed by atoms with E-state index in [0.717, 1.165) is 11.6 Å². The highest BCUT2D eigenvalue weighted by Gasteiger charge is 2.35. The number of amides is 2. The highest BCUT2D eigenvalue weighted by atomic mass is 35.5. The van der Waals surface area contributed by atoms with Crippen LogP contribution in [0.3, 0.4) is 0 Å². The molecule has 3 rings (SSSR count). The predicted octanol–water partition coefficient (Wildman–Crippen LogP) is 3.01. The average Bonchev–Trinajstić information content (AvgIpc) is 3.02. The molecule has 0 saturated carbocycles. The van der Waals surface area contributed by atoms with Crippen molar-refractivity contribution in [3.05, 3.63) is 64.9 Å². The van der Waals surface area contributed by atoms with E-state index in [2.05, 4.69) is 5.32 Å². The Morgan fingerprint density at radius 1 is 1.21 bits per heavy atom. The Hall–Kier alpha value is -2.93. The van der Waals surface area contributed by atoms with Crippen LogP contribution in [0.4, 0.5) is 10.1 Å². The summed E-state index contributed by atoms with van der Waals surface area (Å²) in [4.78, 5) is 37.8. The summed E-state index contributed by atoms with van der Waals surface area (Å²) >= 11 is 6.11. The summed E-state index contributed by atoms with van der Waals surface area (Å²) in [6.45, 7) is 0.00129. The van der Waals surface area contributed by atoms with Crippen LogP contribution in [0.25, 0.3) is 0 Å². The Morgan fingerprint density at radius 2 is 2.00 bits per heavy atom. The summed E-state index contributed by atoms with van der Waals surface area (Å²) in [6, 6.07) is 12.6. The molecule has 1 fully saturated rings. The van der Waals surface area contributed by atoms with E-state index < -0.39 is 30.2 Å². The first-order valence-electron chi connectivity index (χ1n) is 8.65. The fourth-order valence-corrected chi connectivity index (χ4v) is 3.13. The van der Waals surface area contributed by atoms with Gasteiger partial charge < -0.3 is 15.0 Å². The van der Waals surface area contributed by atoms with Crippen LogP contribution in [-0.4, -0.2) is 35.8 Å². The summed E-state index contributed by atoms with van der Waals surface area (Å²) in [7, 11) is 0. The summed E-state index contributed by atoms with van der Waals surface area (Å²) < 4.78 is 18.1. The number of rotatable bonds is 6. The zero-order valence-corrected chi connectivity index (χ0v) is 15.6. The number of hydrogen-bond donors (Lipinski definition) is 1. The van der Waals surface area contributed by atoms with Crippen molar-refractivity contribution in [2.75, 3.05) is 18.5 Å². The average molecular weight is 405 g/mol. The standard InChI is InChI=1S/C20H18ClFN2O4/c21-17-7-2-1-4-13(17)10-24-11-14(8-19(24)26)20(27)28-12-18(25)23-16-6-3-5-15(22)9-16/h1-7,9,14H,8,10-12H2,(H,23,25)/t14-/m0/s1. The molecule has 2 aromatic rings. The highest BCUT2D eigenvalue weighted by molar-refractivity contribution is 6.31. The lowest BCUT2D eigenvalue weighted by molar-refractivity contribution is -0.151. The number of benzene rings is 2. The van der Waals surface area contributed by atoms with E-state index >= 15 is 0 Å². The van der Waals surface area contributed by atoms with Crippen LogP contribution >= 0.6 is 11.6 Å². The maximum Gasteiger partial charge on any atom is 0.311 e. The summed E-state index contributed by atoms with van der Waals surface area (Å²) in [5, 5.41) is 2.99. The van der Waals surface area contributed by atoms with Crippen molar-refractivity contribution in [2.24, 2.45) is 5.92 Å². The van der Waals surface area contributed by atoms with Gasteiger partial charge in [0.2, 0.25) is 5.91 Å². The van der Waals surface area contributed by atoms with Crippen molar-refractivity contribution in [3.63, 3.8) is 0 Å². The molecule has 0 aromatic heterocycles. The van der Waals surface area contributed by atoms with Gasteiger partial charge in [-0.05, 0) is 29.8 Å². The van der Waals surface area contributed by atoms with Gasteiger partial charge in [-0.15, -0.1) is 0 Å². The number of nitrogens with zero attached hydrogens (tertiary/aromatic N) is 1. The van der Waals surface area contributed by atoms with E-state index in [-0.39, 0.29) is 24.6 Å². The molecule has 0 bridgehead atoms. The number of ether oxygens (including phenoxy) is 1. The van der Waals surface area contributed by atoms with Crippen LogP contribution < -0.4 is 5.32 Å². The maximum atomic E-state index is 13.1. The zero-order chi connectivity index (χ0) is 20.1. The van der Waals surface area contributed by atoms with Crippen molar-refractivity contribution in [1.82, 2.24) is 4.90 Å². The van der Waals surface area contributed by atoms with E-state index in [1.807, 2.05) is 12.1 Å². The van der Waals surface area contributed by atoms with Crippen LogP contribution in [0, 0.1) is 11.7 Å². The van der Waals surface area contributed by atoms with E-state index in [4.69, 9.17) is 16.3 Å². The number of esters is 1. The molecule has 6 nitrogen and oxygen atoms in total. The topological polar surface area (TPSA) is 75.7 Å². The number of likely N-dealkylation sites (tertiary alicyclic amines) is 1. The second-order valence-electron chi connectivity index (χ2n) is 6.43. The molecular weight excluding hydrogens is 387 g/mol. The molecule has 2 aromatic carbocycles. The molecule has 0 radical (unpaired) electrons. The lowest BCUT2D eigenvalue weighted by Gasteiger charge is -2.17. The third kappa shape index (κ3) is 5.07. The minimum absolute atomic E-state index is 0.0226. The maximum absolute atomic E-state index is 13.1. The number of carbonyl (C=O) groups is 3. The molecule has 146 valence electrons. The van der Waals surface area contributed by atoms with Gasteiger partial charge in [0.1, 0.15) is 5.82 Å². The molecule has 1 atom stereocenters.